The molecule has 0 aromatic carbocycles. The minimum atomic E-state index is -0.751. The Kier molecular flexibility index (Phi) is 4.80. The molecule has 0 bridgehead atoms. The van der Waals surface area contributed by atoms with Gasteiger partial charge < -0.3 is 15.7 Å². The van der Waals surface area contributed by atoms with E-state index >= 15 is 0 Å². The van der Waals surface area contributed by atoms with Crippen LogP contribution in [0.2, 0.25) is 0 Å². The van der Waals surface area contributed by atoms with E-state index in [1.54, 1.807) is 0 Å². The second-order valence-corrected chi connectivity index (χ2v) is 5.91. The van der Waals surface area contributed by atoms with E-state index in [0.29, 0.717) is 19.4 Å². The SMILES string of the molecule is O=C(NCC1(C(=O)O)CCCCCC1)C1CCNC1. The molecule has 1 aliphatic carbocycles. The van der Waals surface area contributed by atoms with Gasteiger partial charge in [0.1, 0.15) is 0 Å². The number of hydrogen-bond acceptors (Lipinski definition) is 3. The van der Waals surface area contributed by atoms with Crippen LogP contribution < -0.4 is 10.6 Å². The molecule has 1 amide bonds. The maximum absolute atomic E-state index is 12.0. The second-order valence-electron chi connectivity index (χ2n) is 5.91. The van der Waals surface area contributed by atoms with Crippen molar-refractivity contribution in [1.29, 1.82) is 0 Å². The van der Waals surface area contributed by atoms with Gasteiger partial charge in [0, 0.05) is 13.1 Å². The summed E-state index contributed by atoms with van der Waals surface area (Å²) < 4.78 is 0. The summed E-state index contributed by atoms with van der Waals surface area (Å²) in [6.45, 7) is 1.88. The van der Waals surface area contributed by atoms with Gasteiger partial charge in [-0.15, -0.1) is 0 Å². The maximum atomic E-state index is 12.0. The quantitative estimate of drug-likeness (QED) is 0.668. The van der Waals surface area contributed by atoms with Crippen LogP contribution in [0.25, 0.3) is 0 Å². The van der Waals surface area contributed by atoms with E-state index in [0.717, 1.165) is 38.6 Å². The third-order valence-electron chi connectivity index (χ3n) is 4.55. The fraction of sp³-hybridized carbons (Fsp3) is 0.857. The van der Waals surface area contributed by atoms with Gasteiger partial charge in [0.25, 0.3) is 0 Å². The molecule has 0 aromatic rings. The monoisotopic (exact) mass is 268 g/mol. The zero-order chi connectivity index (χ0) is 13.7. The summed E-state index contributed by atoms with van der Waals surface area (Å²) in [5, 5.41) is 15.6. The largest absolute Gasteiger partial charge is 0.481 e. The Morgan fingerprint density at radius 2 is 1.89 bits per heavy atom. The first kappa shape index (κ1) is 14.3. The highest BCUT2D eigenvalue weighted by Gasteiger charge is 2.39. The van der Waals surface area contributed by atoms with Crippen molar-refractivity contribution in [1.82, 2.24) is 10.6 Å². The summed E-state index contributed by atoms with van der Waals surface area (Å²) in [4.78, 5) is 23.6. The number of carbonyl (C=O) groups excluding carboxylic acids is 1. The van der Waals surface area contributed by atoms with E-state index in [4.69, 9.17) is 0 Å². The lowest BCUT2D eigenvalue weighted by atomic mass is 9.80. The predicted octanol–water partition coefficient (Wildman–Crippen LogP) is 1.14. The molecule has 2 fully saturated rings. The van der Waals surface area contributed by atoms with Crippen LogP contribution in [-0.4, -0.2) is 36.6 Å². The predicted molar refractivity (Wildman–Crippen MR) is 71.8 cm³/mol. The van der Waals surface area contributed by atoms with Gasteiger partial charge in [-0.1, -0.05) is 25.7 Å². The average Bonchev–Trinajstić information content (AvgIpc) is 2.82. The molecule has 1 saturated carbocycles. The van der Waals surface area contributed by atoms with Gasteiger partial charge in [-0.3, -0.25) is 9.59 Å². The molecule has 1 unspecified atom stereocenters. The van der Waals surface area contributed by atoms with Crippen molar-refractivity contribution in [2.45, 2.75) is 44.9 Å². The Balaban J connectivity index is 1.92. The van der Waals surface area contributed by atoms with Gasteiger partial charge in [0.05, 0.1) is 11.3 Å². The molecule has 1 saturated heterocycles. The van der Waals surface area contributed by atoms with Gasteiger partial charge in [0.2, 0.25) is 5.91 Å². The third kappa shape index (κ3) is 3.47. The Labute approximate surface area is 114 Å². The van der Waals surface area contributed by atoms with Crippen molar-refractivity contribution < 1.29 is 14.7 Å². The summed E-state index contributed by atoms with van der Waals surface area (Å²) >= 11 is 0. The summed E-state index contributed by atoms with van der Waals surface area (Å²) in [6, 6.07) is 0. The van der Waals surface area contributed by atoms with E-state index in [9.17, 15) is 14.7 Å². The van der Waals surface area contributed by atoms with Crippen molar-refractivity contribution in [3.63, 3.8) is 0 Å². The molecule has 2 aliphatic rings. The van der Waals surface area contributed by atoms with E-state index in [1.165, 1.54) is 0 Å². The number of hydrogen-bond donors (Lipinski definition) is 3. The molecule has 19 heavy (non-hydrogen) atoms. The molecule has 5 heteroatoms. The normalized spacial score (nSPS) is 26.6. The van der Waals surface area contributed by atoms with Crippen LogP contribution in [0.5, 0.6) is 0 Å². The standard InChI is InChI=1S/C14H24N2O3/c17-12(11-5-8-15-9-11)16-10-14(13(18)19)6-3-1-2-4-7-14/h11,15H,1-10H2,(H,16,17)(H,18,19). The third-order valence-corrected chi connectivity index (χ3v) is 4.55. The minimum Gasteiger partial charge on any atom is -0.481 e. The van der Waals surface area contributed by atoms with E-state index < -0.39 is 11.4 Å². The highest BCUT2D eigenvalue weighted by molar-refractivity contribution is 5.81. The fourth-order valence-electron chi connectivity index (χ4n) is 3.15. The average molecular weight is 268 g/mol. The zero-order valence-corrected chi connectivity index (χ0v) is 11.4. The molecule has 1 aliphatic heterocycles. The van der Waals surface area contributed by atoms with Crippen LogP contribution >= 0.6 is 0 Å². The Hall–Kier alpha value is -1.10. The molecule has 1 heterocycles. The molecule has 2 rings (SSSR count). The zero-order valence-electron chi connectivity index (χ0n) is 11.4. The van der Waals surface area contributed by atoms with Crippen molar-refractivity contribution in [2.75, 3.05) is 19.6 Å². The number of aliphatic carboxylic acids is 1. The molecule has 0 radical (unpaired) electrons. The second kappa shape index (κ2) is 6.37. The number of carboxylic acid groups (broad SMARTS) is 1. The van der Waals surface area contributed by atoms with Gasteiger partial charge in [-0.2, -0.15) is 0 Å². The minimum absolute atomic E-state index is 0.00914. The lowest BCUT2D eigenvalue weighted by molar-refractivity contribution is -0.150. The number of carboxylic acids is 1. The molecule has 108 valence electrons. The molecule has 1 atom stereocenters. The molecule has 0 aromatic heterocycles. The van der Waals surface area contributed by atoms with Crippen molar-refractivity contribution in [2.24, 2.45) is 11.3 Å². The lowest BCUT2D eigenvalue weighted by Gasteiger charge is -2.28. The highest BCUT2D eigenvalue weighted by Crippen LogP contribution is 2.34. The van der Waals surface area contributed by atoms with Crippen LogP contribution in [0, 0.1) is 11.3 Å². The van der Waals surface area contributed by atoms with Crippen LogP contribution in [0.15, 0.2) is 0 Å². The Morgan fingerprint density at radius 3 is 2.42 bits per heavy atom. The number of carbonyl (C=O) groups is 2. The Morgan fingerprint density at radius 1 is 1.21 bits per heavy atom. The first-order valence-electron chi connectivity index (χ1n) is 7.36. The molecule has 0 spiro atoms. The molecular weight excluding hydrogens is 244 g/mol. The van der Waals surface area contributed by atoms with Gasteiger partial charge in [0.15, 0.2) is 0 Å². The van der Waals surface area contributed by atoms with Gasteiger partial charge in [-0.25, -0.2) is 0 Å². The van der Waals surface area contributed by atoms with Crippen LogP contribution in [-0.2, 0) is 9.59 Å². The van der Waals surface area contributed by atoms with Gasteiger partial charge in [-0.05, 0) is 25.8 Å². The van der Waals surface area contributed by atoms with Crippen molar-refractivity contribution >= 4 is 11.9 Å². The summed E-state index contributed by atoms with van der Waals surface area (Å²) in [7, 11) is 0. The lowest BCUT2D eigenvalue weighted by Crippen LogP contribution is -2.44. The highest BCUT2D eigenvalue weighted by atomic mass is 16.4. The number of amides is 1. The number of nitrogens with one attached hydrogen (secondary N) is 2. The first-order chi connectivity index (χ1) is 9.14. The molecule has 3 N–H and O–H groups in total. The molecule has 5 nitrogen and oxygen atoms in total. The van der Waals surface area contributed by atoms with Crippen LogP contribution in [0.3, 0.4) is 0 Å². The number of rotatable bonds is 4. The topological polar surface area (TPSA) is 78.4 Å². The van der Waals surface area contributed by atoms with Crippen molar-refractivity contribution in [3.8, 4) is 0 Å². The summed E-state index contributed by atoms with van der Waals surface area (Å²) in [6.07, 6.45) is 6.34. The van der Waals surface area contributed by atoms with Gasteiger partial charge >= 0.3 is 5.97 Å². The molecular formula is C14H24N2O3. The maximum Gasteiger partial charge on any atom is 0.311 e. The fourth-order valence-corrected chi connectivity index (χ4v) is 3.15. The van der Waals surface area contributed by atoms with E-state index in [1.807, 2.05) is 0 Å². The van der Waals surface area contributed by atoms with Crippen LogP contribution in [0.4, 0.5) is 0 Å². The smallest absolute Gasteiger partial charge is 0.311 e. The Bertz CT molecular complexity index is 330. The first-order valence-corrected chi connectivity index (χ1v) is 7.36. The van der Waals surface area contributed by atoms with E-state index in [2.05, 4.69) is 10.6 Å². The van der Waals surface area contributed by atoms with Crippen LogP contribution in [0.1, 0.15) is 44.9 Å². The summed E-state index contributed by atoms with van der Waals surface area (Å²) in [5.41, 5.74) is -0.738. The van der Waals surface area contributed by atoms with Crippen molar-refractivity contribution in [3.05, 3.63) is 0 Å². The van der Waals surface area contributed by atoms with E-state index in [-0.39, 0.29) is 18.4 Å². The summed E-state index contributed by atoms with van der Waals surface area (Å²) in [5.74, 6) is -0.731.